The number of aromatic nitrogens is 1. The second kappa shape index (κ2) is 3.63. The Bertz CT molecular complexity index is 521. The van der Waals surface area contributed by atoms with Crippen molar-refractivity contribution >= 4 is 5.69 Å². The van der Waals surface area contributed by atoms with Crippen molar-refractivity contribution in [2.75, 3.05) is 11.9 Å². The molecule has 3 rings (SSSR count). The standard InChI is InChI=1S/C12H11FN2O/c13-9-4-1-3-8(7-9)11-12-10(16-15-11)5-2-6-14-12/h1,3-4,7,14H,2,5-6H2. The van der Waals surface area contributed by atoms with Crippen LogP contribution >= 0.6 is 0 Å². The highest BCUT2D eigenvalue weighted by molar-refractivity contribution is 5.75. The summed E-state index contributed by atoms with van der Waals surface area (Å²) in [6.45, 7) is 0.913. The molecular weight excluding hydrogens is 207 g/mol. The highest BCUT2D eigenvalue weighted by atomic mass is 19.1. The fourth-order valence-corrected chi connectivity index (χ4v) is 1.97. The zero-order valence-electron chi connectivity index (χ0n) is 8.66. The quantitative estimate of drug-likeness (QED) is 0.799. The molecule has 0 saturated carbocycles. The largest absolute Gasteiger partial charge is 0.380 e. The molecule has 0 atom stereocenters. The summed E-state index contributed by atoms with van der Waals surface area (Å²) in [6, 6.07) is 6.39. The van der Waals surface area contributed by atoms with Crippen molar-refractivity contribution in [3.05, 3.63) is 35.8 Å². The van der Waals surface area contributed by atoms with Crippen LogP contribution in [0.1, 0.15) is 12.2 Å². The molecule has 0 fully saturated rings. The van der Waals surface area contributed by atoms with Gasteiger partial charge in [0.15, 0.2) is 5.76 Å². The van der Waals surface area contributed by atoms with Crippen molar-refractivity contribution in [2.45, 2.75) is 12.8 Å². The summed E-state index contributed by atoms with van der Waals surface area (Å²) in [4.78, 5) is 0. The van der Waals surface area contributed by atoms with E-state index < -0.39 is 0 Å². The number of anilines is 1. The van der Waals surface area contributed by atoms with Gasteiger partial charge in [-0.15, -0.1) is 0 Å². The van der Waals surface area contributed by atoms with E-state index in [-0.39, 0.29) is 5.82 Å². The van der Waals surface area contributed by atoms with Crippen LogP contribution in [0, 0.1) is 5.82 Å². The molecule has 1 aromatic heterocycles. The third-order valence-corrected chi connectivity index (χ3v) is 2.74. The molecule has 0 unspecified atom stereocenters. The van der Waals surface area contributed by atoms with Crippen LogP contribution in [0.4, 0.5) is 10.1 Å². The summed E-state index contributed by atoms with van der Waals surface area (Å²) in [7, 11) is 0. The van der Waals surface area contributed by atoms with E-state index in [0.29, 0.717) is 5.69 Å². The summed E-state index contributed by atoms with van der Waals surface area (Å²) in [6.07, 6.45) is 1.94. The first-order chi connectivity index (χ1) is 7.84. The number of fused-ring (bicyclic) bond motifs is 1. The number of rotatable bonds is 1. The van der Waals surface area contributed by atoms with Gasteiger partial charge in [-0.1, -0.05) is 17.3 Å². The molecule has 1 aliphatic rings. The maximum Gasteiger partial charge on any atom is 0.160 e. The van der Waals surface area contributed by atoms with Crippen LogP contribution in [-0.4, -0.2) is 11.7 Å². The summed E-state index contributed by atoms with van der Waals surface area (Å²) < 4.78 is 18.4. The predicted molar refractivity (Wildman–Crippen MR) is 58.7 cm³/mol. The van der Waals surface area contributed by atoms with Crippen molar-refractivity contribution in [2.24, 2.45) is 0 Å². The van der Waals surface area contributed by atoms with Gasteiger partial charge >= 0.3 is 0 Å². The van der Waals surface area contributed by atoms with Crippen LogP contribution in [0.5, 0.6) is 0 Å². The predicted octanol–water partition coefficient (Wildman–Crippen LogP) is 2.84. The van der Waals surface area contributed by atoms with Gasteiger partial charge in [-0.05, 0) is 18.6 Å². The number of hydrogen-bond donors (Lipinski definition) is 1. The smallest absolute Gasteiger partial charge is 0.160 e. The van der Waals surface area contributed by atoms with Crippen LogP contribution in [0.2, 0.25) is 0 Å². The zero-order chi connectivity index (χ0) is 11.0. The van der Waals surface area contributed by atoms with Gasteiger partial charge in [0.1, 0.15) is 17.2 Å². The van der Waals surface area contributed by atoms with E-state index in [1.165, 1.54) is 12.1 Å². The zero-order valence-corrected chi connectivity index (χ0v) is 8.66. The third-order valence-electron chi connectivity index (χ3n) is 2.74. The van der Waals surface area contributed by atoms with Gasteiger partial charge in [-0.25, -0.2) is 4.39 Å². The molecule has 2 heterocycles. The van der Waals surface area contributed by atoms with Crippen molar-refractivity contribution in [3.8, 4) is 11.3 Å². The van der Waals surface area contributed by atoms with Gasteiger partial charge in [0.2, 0.25) is 0 Å². The molecule has 1 aromatic carbocycles. The second-order valence-corrected chi connectivity index (χ2v) is 3.87. The lowest BCUT2D eigenvalue weighted by Gasteiger charge is -2.12. The van der Waals surface area contributed by atoms with Gasteiger partial charge in [-0.2, -0.15) is 0 Å². The lowest BCUT2D eigenvalue weighted by atomic mass is 10.1. The molecule has 0 aliphatic carbocycles. The number of hydrogen-bond acceptors (Lipinski definition) is 3. The first kappa shape index (κ1) is 9.39. The molecule has 0 radical (unpaired) electrons. The fraction of sp³-hybridized carbons (Fsp3) is 0.250. The van der Waals surface area contributed by atoms with Gasteiger partial charge in [0.25, 0.3) is 0 Å². The molecule has 0 amide bonds. The Morgan fingerprint density at radius 1 is 1.38 bits per heavy atom. The minimum absolute atomic E-state index is 0.259. The van der Waals surface area contributed by atoms with Gasteiger partial charge in [0.05, 0.1) is 0 Å². The summed E-state index contributed by atoms with van der Waals surface area (Å²) in [5, 5.41) is 7.26. The van der Waals surface area contributed by atoms with E-state index in [4.69, 9.17) is 4.52 Å². The highest BCUT2D eigenvalue weighted by Crippen LogP contribution is 2.33. The molecule has 4 heteroatoms. The minimum atomic E-state index is -0.259. The Balaban J connectivity index is 2.09. The van der Waals surface area contributed by atoms with Crippen LogP contribution in [0.3, 0.4) is 0 Å². The van der Waals surface area contributed by atoms with Crippen molar-refractivity contribution in [3.63, 3.8) is 0 Å². The van der Waals surface area contributed by atoms with Crippen LogP contribution in [0.25, 0.3) is 11.3 Å². The molecule has 2 aromatic rings. The van der Waals surface area contributed by atoms with Crippen LogP contribution < -0.4 is 5.32 Å². The fourth-order valence-electron chi connectivity index (χ4n) is 1.97. The average Bonchev–Trinajstić information content (AvgIpc) is 2.72. The first-order valence-electron chi connectivity index (χ1n) is 5.33. The Morgan fingerprint density at radius 2 is 2.31 bits per heavy atom. The molecule has 82 valence electrons. The van der Waals surface area contributed by atoms with E-state index in [1.54, 1.807) is 6.07 Å². The lowest BCUT2D eigenvalue weighted by Crippen LogP contribution is -2.10. The number of aryl methyl sites for hydroxylation is 1. The summed E-state index contributed by atoms with van der Waals surface area (Å²) in [5.74, 6) is 0.607. The van der Waals surface area contributed by atoms with Gasteiger partial charge in [-0.3, -0.25) is 0 Å². The molecule has 3 nitrogen and oxygen atoms in total. The second-order valence-electron chi connectivity index (χ2n) is 3.87. The summed E-state index contributed by atoms with van der Waals surface area (Å²) in [5.41, 5.74) is 2.37. The maximum atomic E-state index is 13.1. The Morgan fingerprint density at radius 3 is 3.19 bits per heavy atom. The Hall–Kier alpha value is -1.84. The van der Waals surface area contributed by atoms with E-state index in [0.717, 1.165) is 36.4 Å². The number of nitrogens with zero attached hydrogens (tertiary/aromatic N) is 1. The average molecular weight is 218 g/mol. The van der Waals surface area contributed by atoms with Crippen molar-refractivity contribution in [1.29, 1.82) is 0 Å². The molecule has 16 heavy (non-hydrogen) atoms. The summed E-state index contributed by atoms with van der Waals surface area (Å²) >= 11 is 0. The van der Waals surface area contributed by atoms with Crippen molar-refractivity contribution < 1.29 is 8.91 Å². The maximum absolute atomic E-state index is 13.1. The molecule has 0 bridgehead atoms. The molecule has 1 N–H and O–H groups in total. The van der Waals surface area contributed by atoms with Gasteiger partial charge in [0, 0.05) is 18.5 Å². The van der Waals surface area contributed by atoms with Crippen molar-refractivity contribution in [1.82, 2.24) is 5.16 Å². The van der Waals surface area contributed by atoms with E-state index in [1.807, 2.05) is 6.07 Å². The highest BCUT2D eigenvalue weighted by Gasteiger charge is 2.20. The normalized spacial score (nSPS) is 14.3. The Kier molecular flexibility index (Phi) is 2.13. The monoisotopic (exact) mass is 218 g/mol. The minimum Gasteiger partial charge on any atom is -0.380 e. The molecule has 0 spiro atoms. The first-order valence-corrected chi connectivity index (χ1v) is 5.33. The third kappa shape index (κ3) is 1.46. The number of nitrogens with one attached hydrogen (secondary N) is 1. The van der Waals surface area contributed by atoms with E-state index >= 15 is 0 Å². The van der Waals surface area contributed by atoms with Crippen LogP contribution in [0.15, 0.2) is 28.8 Å². The SMILES string of the molecule is Fc1cccc(-c2noc3c2NCCC3)c1. The topological polar surface area (TPSA) is 38.1 Å². The Labute approximate surface area is 92.3 Å². The molecular formula is C12H11FN2O. The molecule has 0 saturated heterocycles. The molecule has 1 aliphatic heterocycles. The number of halogens is 1. The lowest BCUT2D eigenvalue weighted by molar-refractivity contribution is 0.382. The van der Waals surface area contributed by atoms with Gasteiger partial charge < -0.3 is 9.84 Å². The van der Waals surface area contributed by atoms with Crippen LogP contribution in [-0.2, 0) is 6.42 Å². The van der Waals surface area contributed by atoms with E-state index in [9.17, 15) is 4.39 Å². The van der Waals surface area contributed by atoms with E-state index in [2.05, 4.69) is 10.5 Å². The number of benzene rings is 1.